The molecule has 1 saturated heterocycles. The van der Waals surface area contributed by atoms with Gasteiger partial charge in [0.15, 0.2) is 11.4 Å². The first kappa shape index (κ1) is 25.9. The van der Waals surface area contributed by atoms with E-state index in [-0.39, 0.29) is 16.8 Å². The molecule has 2 N–H and O–H groups in total. The molecule has 33 heavy (non-hydrogen) atoms. The Bertz CT molecular complexity index is 959. The van der Waals surface area contributed by atoms with Gasteiger partial charge in [-0.15, -0.1) is 0 Å². The number of aromatic nitrogens is 2. The third-order valence-corrected chi connectivity index (χ3v) is 6.05. The molecule has 1 fully saturated rings. The summed E-state index contributed by atoms with van der Waals surface area (Å²) in [6, 6.07) is 0. The smallest absolute Gasteiger partial charge is 0.415 e. The number of hydrogen-bond donors (Lipinski definition) is 2. The molecule has 5 unspecified atom stereocenters. The third-order valence-electron chi connectivity index (χ3n) is 5.38. The molecule has 12 heteroatoms. The average molecular weight is 507 g/mol. The molecule has 2 aliphatic rings. The lowest BCUT2D eigenvalue weighted by Gasteiger charge is -2.28. The van der Waals surface area contributed by atoms with E-state index in [1.54, 1.807) is 33.8 Å². The highest BCUT2D eigenvalue weighted by Gasteiger charge is 2.57. The van der Waals surface area contributed by atoms with Gasteiger partial charge in [0, 0.05) is 12.5 Å². The van der Waals surface area contributed by atoms with Crippen LogP contribution in [0.25, 0.3) is 0 Å². The van der Waals surface area contributed by atoms with E-state index >= 15 is 4.39 Å². The van der Waals surface area contributed by atoms with Crippen molar-refractivity contribution < 1.29 is 28.9 Å². The summed E-state index contributed by atoms with van der Waals surface area (Å²) < 4.78 is 27.5. The van der Waals surface area contributed by atoms with Crippen molar-refractivity contribution in [1.82, 2.24) is 14.5 Å². The van der Waals surface area contributed by atoms with Crippen LogP contribution in [0, 0.1) is 0 Å². The number of imidazole rings is 1. The number of aliphatic hydroxyl groups excluding tert-OH is 2. The number of ether oxygens (including phenoxy) is 2. The minimum atomic E-state index is -2.69. The van der Waals surface area contributed by atoms with Crippen molar-refractivity contribution >= 4 is 34.5 Å². The molecule has 0 spiro atoms. The molecule has 5 atom stereocenters. The monoisotopic (exact) mass is 506 g/mol. The van der Waals surface area contributed by atoms with E-state index in [1.807, 2.05) is 6.92 Å². The number of nitrogens with zero attached hydrogens (tertiary/aromatic N) is 4. The van der Waals surface area contributed by atoms with E-state index in [4.69, 9.17) is 32.7 Å². The second-order valence-corrected chi connectivity index (χ2v) is 9.98. The molecular formula is C21H29Cl2FN4O5. The number of aliphatic hydroxyl groups is 2. The number of carbonyl (C=O) groups is 1. The van der Waals surface area contributed by atoms with Crippen LogP contribution in [0.2, 0.25) is 0 Å². The fourth-order valence-corrected chi connectivity index (χ4v) is 4.32. The summed E-state index contributed by atoms with van der Waals surface area (Å²) in [7, 11) is 0. The van der Waals surface area contributed by atoms with Crippen LogP contribution in [0.4, 0.5) is 9.18 Å². The Morgan fingerprint density at radius 3 is 2.70 bits per heavy atom. The van der Waals surface area contributed by atoms with E-state index < -0.39 is 41.9 Å². The summed E-state index contributed by atoms with van der Waals surface area (Å²) in [5, 5.41) is 16.8. The van der Waals surface area contributed by atoms with E-state index in [1.165, 1.54) is 15.8 Å². The van der Waals surface area contributed by atoms with E-state index in [0.29, 0.717) is 24.5 Å². The number of allylic oxidation sites excluding steroid dienone is 1. The summed E-state index contributed by atoms with van der Waals surface area (Å²) in [4.78, 5) is 22.7. The summed E-state index contributed by atoms with van der Waals surface area (Å²) >= 11 is 12.5. The topological polar surface area (TPSA) is 109 Å². The molecule has 2 aliphatic heterocycles. The quantitative estimate of drug-likeness (QED) is 0.603. The van der Waals surface area contributed by atoms with Crippen LogP contribution in [0.3, 0.4) is 0 Å². The molecule has 1 aromatic rings. The minimum absolute atomic E-state index is 0.0140. The zero-order valence-corrected chi connectivity index (χ0v) is 20.6. The Balaban J connectivity index is 1.98. The van der Waals surface area contributed by atoms with Gasteiger partial charge in [-0.3, -0.25) is 4.90 Å². The van der Waals surface area contributed by atoms with Gasteiger partial charge in [-0.25, -0.2) is 19.2 Å². The van der Waals surface area contributed by atoms with Crippen LogP contribution in [-0.2, 0) is 9.47 Å². The number of halogens is 3. The highest BCUT2D eigenvalue weighted by atomic mass is 35.5. The molecule has 0 aliphatic carbocycles. The number of amides is 1. The first-order valence-electron chi connectivity index (χ1n) is 10.7. The van der Waals surface area contributed by atoms with Crippen LogP contribution in [0.15, 0.2) is 23.2 Å². The van der Waals surface area contributed by atoms with E-state index in [2.05, 4.69) is 9.98 Å². The minimum Gasteiger partial charge on any atom is -0.443 e. The maximum absolute atomic E-state index is 15.2. The fourth-order valence-electron chi connectivity index (χ4n) is 3.79. The van der Waals surface area contributed by atoms with E-state index in [0.717, 1.165) is 0 Å². The van der Waals surface area contributed by atoms with Crippen LogP contribution >= 0.6 is 23.2 Å². The largest absolute Gasteiger partial charge is 0.443 e. The van der Waals surface area contributed by atoms with Gasteiger partial charge in [0.25, 0.3) is 5.13 Å². The maximum atomic E-state index is 15.2. The first-order valence-corrected chi connectivity index (χ1v) is 11.4. The van der Waals surface area contributed by atoms with Gasteiger partial charge in [-0.2, -0.15) is 0 Å². The summed E-state index contributed by atoms with van der Waals surface area (Å²) in [5.41, 5.74) is 0.0869. The van der Waals surface area contributed by atoms with Gasteiger partial charge in [0.2, 0.25) is 0 Å². The SMILES string of the molecule is CCN(C(=O)OC(C)(C)C)C1=CCC(C)c2c(ncn2C2OC(CO)C(O)C2(F)Cl)C(Cl)=N1. The molecule has 3 heterocycles. The van der Waals surface area contributed by atoms with Crippen LogP contribution in [0.5, 0.6) is 0 Å². The predicted molar refractivity (Wildman–Crippen MR) is 121 cm³/mol. The molecular weight excluding hydrogens is 478 g/mol. The number of fused-ring (bicyclic) bond motifs is 1. The second kappa shape index (κ2) is 9.50. The fraction of sp³-hybridized carbons (Fsp3) is 0.667. The van der Waals surface area contributed by atoms with Crippen molar-refractivity contribution in [2.24, 2.45) is 4.99 Å². The Labute approximate surface area is 201 Å². The molecule has 9 nitrogen and oxygen atoms in total. The lowest BCUT2D eigenvalue weighted by Crippen LogP contribution is -2.38. The second-order valence-electron chi connectivity index (χ2n) is 9.04. The molecule has 1 aromatic heterocycles. The Morgan fingerprint density at radius 2 is 2.15 bits per heavy atom. The predicted octanol–water partition coefficient (Wildman–Crippen LogP) is 3.63. The van der Waals surface area contributed by atoms with Crippen molar-refractivity contribution in [2.45, 2.75) is 76.1 Å². The van der Waals surface area contributed by atoms with Gasteiger partial charge in [0.05, 0.1) is 18.6 Å². The maximum Gasteiger partial charge on any atom is 0.415 e. The Kier molecular flexibility index (Phi) is 7.45. The van der Waals surface area contributed by atoms with Gasteiger partial charge < -0.3 is 24.3 Å². The lowest BCUT2D eigenvalue weighted by atomic mass is 10.00. The highest BCUT2D eigenvalue weighted by molar-refractivity contribution is 6.69. The molecule has 1 amide bonds. The number of rotatable bonds is 4. The van der Waals surface area contributed by atoms with Gasteiger partial charge in [-0.05, 0) is 40.2 Å². The molecule has 0 bridgehead atoms. The number of carbonyl (C=O) groups excluding carboxylic acids is 1. The normalized spacial score (nSPS) is 30.1. The first-order chi connectivity index (χ1) is 15.3. The Hall–Kier alpha value is -1.72. The lowest BCUT2D eigenvalue weighted by molar-refractivity contribution is -0.0510. The van der Waals surface area contributed by atoms with E-state index in [9.17, 15) is 15.0 Å². The van der Waals surface area contributed by atoms with Crippen LogP contribution in [0.1, 0.15) is 64.6 Å². The molecule has 0 radical (unpaired) electrons. The molecule has 0 aromatic carbocycles. The van der Waals surface area contributed by atoms with Crippen molar-refractivity contribution in [3.8, 4) is 0 Å². The summed E-state index contributed by atoms with van der Waals surface area (Å²) in [5.74, 6) is 0.0503. The molecule has 184 valence electrons. The highest BCUT2D eigenvalue weighted by Crippen LogP contribution is 2.46. The Morgan fingerprint density at radius 1 is 1.48 bits per heavy atom. The van der Waals surface area contributed by atoms with Crippen molar-refractivity contribution in [3.63, 3.8) is 0 Å². The average Bonchev–Trinajstić information content (AvgIpc) is 3.23. The van der Waals surface area contributed by atoms with Crippen molar-refractivity contribution in [2.75, 3.05) is 13.2 Å². The van der Waals surface area contributed by atoms with Gasteiger partial charge >= 0.3 is 6.09 Å². The summed E-state index contributed by atoms with van der Waals surface area (Å²) in [6.07, 6.45) is -1.47. The molecule has 3 rings (SSSR count). The zero-order chi connectivity index (χ0) is 24.7. The standard InChI is InChI=1S/C21H29Cl2FN4O5/c1-6-27(19(31)33-20(3,4)5)13-8-7-11(2)15-14(17(22)26-13)25-10-28(15)18-21(23,24)16(30)12(9-29)32-18/h8,10-12,16,18,29-30H,6-7,9H2,1-5H3. The van der Waals surface area contributed by atoms with Crippen molar-refractivity contribution in [1.29, 1.82) is 0 Å². The third kappa shape index (κ3) is 5.05. The van der Waals surface area contributed by atoms with Crippen LogP contribution in [-0.4, -0.2) is 72.0 Å². The van der Waals surface area contributed by atoms with Crippen LogP contribution < -0.4 is 0 Å². The summed E-state index contributed by atoms with van der Waals surface area (Å²) in [6.45, 7) is 8.67. The zero-order valence-electron chi connectivity index (χ0n) is 19.1. The van der Waals surface area contributed by atoms with Gasteiger partial charge in [0.1, 0.15) is 29.3 Å². The van der Waals surface area contributed by atoms with Gasteiger partial charge in [-0.1, -0.05) is 30.1 Å². The van der Waals surface area contributed by atoms with Crippen molar-refractivity contribution in [3.05, 3.63) is 29.6 Å². The number of hydrogen-bond acceptors (Lipinski definition) is 7. The number of alkyl halides is 2. The number of aliphatic imine (C=N–C) groups is 1. The molecule has 0 saturated carbocycles.